The van der Waals surface area contributed by atoms with Crippen LogP contribution in [0.3, 0.4) is 0 Å². The number of carbonyl (C=O) groups excluding carboxylic acids is 2. The fourth-order valence-electron chi connectivity index (χ4n) is 1.68. The number of amides is 2. The highest BCUT2D eigenvalue weighted by Crippen LogP contribution is 2.23. The summed E-state index contributed by atoms with van der Waals surface area (Å²) < 4.78 is 4.55. The van der Waals surface area contributed by atoms with E-state index in [1.807, 2.05) is 0 Å². The summed E-state index contributed by atoms with van der Waals surface area (Å²) in [6.45, 7) is 3.35. The Hall–Kier alpha value is -1.44. The Morgan fingerprint density at radius 2 is 2.11 bits per heavy atom. The number of aliphatic carboxylic acids is 1. The molecule has 1 rings (SSSR count). The van der Waals surface area contributed by atoms with Gasteiger partial charge in [0.1, 0.15) is 12.6 Å². The van der Waals surface area contributed by atoms with Gasteiger partial charge in [-0.05, 0) is 13.8 Å². The lowest BCUT2D eigenvalue weighted by molar-refractivity contribution is -0.141. The lowest BCUT2D eigenvalue weighted by Gasteiger charge is -2.31. The highest BCUT2D eigenvalue weighted by Gasteiger charge is 2.37. The Bertz CT molecular complexity index is 374. The van der Waals surface area contributed by atoms with Crippen molar-refractivity contribution in [1.82, 2.24) is 9.80 Å². The Kier molecular flexibility index (Phi) is 5.46. The number of nitrogens with zero attached hydrogens (tertiary/aromatic N) is 2. The van der Waals surface area contributed by atoms with E-state index in [-0.39, 0.29) is 12.6 Å². The topological polar surface area (TPSA) is 87.2 Å². The molecule has 2 amide bonds. The minimum atomic E-state index is -1.03. The van der Waals surface area contributed by atoms with Crippen LogP contribution in [0.1, 0.15) is 13.8 Å². The number of rotatable bonds is 4. The first kappa shape index (κ1) is 15.6. The number of ether oxygens (including phenoxy) is 1. The van der Waals surface area contributed by atoms with Crippen LogP contribution in [-0.4, -0.2) is 70.2 Å². The number of hydrogen-bond donors (Lipinski definition) is 1. The molecule has 1 aliphatic rings. The van der Waals surface area contributed by atoms with E-state index in [0.29, 0.717) is 11.6 Å². The van der Waals surface area contributed by atoms with E-state index in [1.165, 1.54) is 28.7 Å². The molecule has 1 aliphatic heterocycles. The number of carboxylic acids is 1. The lowest BCUT2D eigenvalue weighted by atomic mass is 10.3. The third-order valence-electron chi connectivity index (χ3n) is 2.81. The lowest BCUT2D eigenvalue weighted by Crippen LogP contribution is -2.52. The van der Waals surface area contributed by atoms with E-state index in [9.17, 15) is 14.4 Å². The molecule has 8 heteroatoms. The highest BCUT2D eigenvalue weighted by molar-refractivity contribution is 7.99. The number of esters is 1. The quantitative estimate of drug-likeness (QED) is 0.756. The fraction of sp³-hybridized carbons (Fsp3) is 0.727. The van der Waals surface area contributed by atoms with Crippen molar-refractivity contribution >= 4 is 29.7 Å². The van der Waals surface area contributed by atoms with Crippen LogP contribution in [0.2, 0.25) is 0 Å². The average Bonchev–Trinajstić information content (AvgIpc) is 2.83. The van der Waals surface area contributed by atoms with E-state index in [0.717, 1.165) is 0 Å². The smallest absolute Gasteiger partial charge is 0.327 e. The van der Waals surface area contributed by atoms with Crippen molar-refractivity contribution in [3.8, 4) is 0 Å². The van der Waals surface area contributed by atoms with E-state index < -0.39 is 24.0 Å². The predicted octanol–water partition coefficient (Wildman–Crippen LogP) is 0.449. The largest absolute Gasteiger partial charge is 0.480 e. The molecule has 0 aliphatic carbocycles. The van der Waals surface area contributed by atoms with E-state index >= 15 is 0 Å². The number of hydrogen-bond acceptors (Lipinski definition) is 5. The van der Waals surface area contributed by atoms with Crippen LogP contribution in [0.5, 0.6) is 0 Å². The number of urea groups is 1. The maximum atomic E-state index is 12.3. The molecule has 0 saturated carbocycles. The van der Waals surface area contributed by atoms with Crippen molar-refractivity contribution in [2.75, 3.05) is 25.3 Å². The third-order valence-corrected chi connectivity index (χ3v) is 3.82. The van der Waals surface area contributed by atoms with Gasteiger partial charge in [0.05, 0.1) is 13.0 Å². The normalized spacial score (nSPS) is 18.5. The summed E-state index contributed by atoms with van der Waals surface area (Å²) in [4.78, 5) is 37.3. The van der Waals surface area contributed by atoms with Crippen LogP contribution >= 0.6 is 11.8 Å². The summed E-state index contributed by atoms with van der Waals surface area (Å²) in [5.74, 6) is -0.869. The maximum absolute atomic E-state index is 12.3. The second-order valence-electron chi connectivity index (χ2n) is 4.40. The zero-order valence-corrected chi connectivity index (χ0v) is 12.0. The van der Waals surface area contributed by atoms with Gasteiger partial charge in [-0.3, -0.25) is 4.79 Å². The maximum Gasteiger partial charge on any atom is 0.327 e. The Labute approximate surface area is 115 Å². The molecule has 1 saturated heterocycles. The average molecular weight is 290 g/mol. The number of carbonyl (C=O) groups is 3. The third kappa shape index (κ3) is 3.76. The van der Waals surface area contributed by atoms with Crippen LogP contribution in [0, 0.1) is 0 Å². The molecular weight excluding hydrogens is 272 g/mol. The summed E-state index contributed by atoms with van der Waals surface area (Å²) in [7, 11) is 1.25. The van der Waals surface area contributed by atoms with Gasteiger partial charge in [0, 0.05) is 11.8 Å². The number of carboxylic acid groups (broad SMARTS) is 1. The van der Waals surface area contributed by atoms with Gasteiger partial charge in [0.15, 0.2) is 0 Å². The second kappa shape index (κ2) is 6.65. The number of thioether (sulfide) groups is 1. The van der Waals surface area contributed by atoms with E-state index in [4.69, 9.17) is 5.11 Å². The fourth-order valence-corrected chi connectivity index (χ4v) is 2.81. The molecule has 1 heterocycles. The van der Waals surface area contributed by atoms with Crippen molar-refractivity contribution in [1.29, 1.82) is 0 Å². The molecule has 0 bridgehead atoms. The Balaban J connectivity index is 2.81. The van der Waals surface area contributed by atoms with Crippen LogP contribution in [0.25, 0.3) is 0 Å². The Morgan fingerprint density at radius 3 is 2.58 bits per heavy atom. The highest BCUT2D eigenvalue weighted by atomic mass is 32.2. The molecule has 0 radical (unpaired) electrons. The Morgan fingerprint density at radius 1 is 1.47 bits per heavy atom. The standard InChI is InChI=1S/C11H18N2O5S/c1-7(2)12(4-9(14)18-3)11(17)13-6-19-5-8(13)10(15)16/h7-8H,4-6H2,1-3H3,(H,15,16)/t8-/m0/s1. The molecule has 1 fully saturated rings. The molecule has 108 valence electrons. The van der Waals surface area contributed by atoms with Crippen LogP contribution in [0.4, 0.5) is 4.79 Å². The molecule has 0 spiro atoms. The zero-order valence-electron chi connectivity index (χ0n) is 11.2. The molecular formula is C11H18N2O5S. The molecule has 0 aromatic heterocycles. The van der Waals surface area contributed by atoms with Crippen molar-refractivity contribution in [2.45, 2.75) is 25.9 Å². The van der Waals surface area contributed by atoms with Gasteiger partial charge in [0.2, 0.25) is 0 Å². The predicted molar refractivity (Wildman–Crippen MR) is 69.8 cm³/mol. The molecule has 1 N–H and O–H groups in total. The van der Waals surface area contributed by atoms with E-state index in [2.05, 4.69) is 4.74 Å². The van der Waals surface area contributed by atoms with Gasteiger partial charge in [-0.1, -0.05) is 0 Å². The molecule has 19 heavy (non-hydrogen) atoms. The summed E-state index contributed by atoms with van der Waals surface area (Å²) in [6.07, 6.45) is 0. The first-order valence-electron chi connectivity index (χ1n) is 5.83. The van der Waals surface area contributed by atoms with Crippen molar-refractivity contribution in [2.24, 2.45) is 0 Å². The van der Waals surface area contributed by atoms with Gasteiger partial charge in [-0.15, -0.1) is 11.8 Å². The van der Waals surface area contributed by atoms with Crippen LogP contribution < -0.4 is 0 Å². The molecule has 0 unspecified atom stereocenters. The monoisotopic (exact) mass is 290 g/mol. The van der Waals surface area contributed by atoms with Crippen molar-refractivity contribution in [3.63, 3.8) is 0 Å². The second-order valence-corrected chi connectivity index (χ2v) is 5.40. The minimum absolute atomic E-state index is 0.180. The first-order valence-corrected chi connectivity index (χ1v) is 6.98. The van der Waals surface area contributed by atoms with Crippen molar-refractivity contribution in [3.05, 3.63) is 0 Å². The SMILES string of the molecule is COC(=O)CN(C(=O)N1CSC[C@H]1C(=O)O)C(C)C. The summed E-state index contributed by atoms with van der Waals surface area (Å²) in [5.41, 5.74) is 0. The van der Waals surface area contributed by atoms with Gasteiger partial charge in [0.25, 0.3) is 0 Å². The molecule has 0 aromatic rings. The zero-order chi connectivity index (χ0) is 14.6. The number of methoxy groups -OCH3 is 1. The van der Waals surface area contributed by atoms with Gasteiger partial charge < -0.3 is 19.6 Å². The van der Waals surface area contributed by atoms with Crippen LogP contribution in [0.15, 0.2) is 0 Å². The minimum Gasteiger partial charge on any atom is -0.480 e. The molecule has 1 atom stereocenters. The van der Waals surface area contributed by atoms with Crippen LogP contribution in [-0.2, 0) is 14.3 Å². The molecule has 7 nitrogen and oxygen atoms in total. The van der Waals surface area contributed by atoms with Gasteiger partial charge in [-0.25, -0.2) is 9.59 Å². The first-order chi connectivity index (χ1) is 8.88. The van der Waals surface area contributed by atoms with Gasteiger partial charge in [-0.2, -0.15) is 0 Å². The summed E-state index contributed by atoms with van der Waals surface area (Å²) in [6, 6.07) is -1.50. The van der Waals surface area contributed by atoms with E-state index in [1.54, 1.807) is 13.8 Å². The molecule has 0 aromatic carbocycles. The summed E-state index contributed by atoms with van der Waals surface area (Å²) >= 11 is 1.38. The summed E-state index contributed by atoms with van der Waals surface area (Å²) in [5, 5.41) is 9.06. The van der Waals surface area contributed by atoms with Gasteiger partial charge >= 0.3 is 18.0 Å². The van der Waals surface area contributed by atoms with Crippen molar-refractivity contribution < 1.29 is 24.2 Å².